The van der Waals surface area contributed by atoms with E-state index in [9.17, 15) is 4.79 Å². The van der Waals surface area contributed by atoms with Crippen molar-refractivity contribution >= 4 is 5.69 Å². The molecular formula is C15H18N2O. The molecule has 0 atom stereocenters. The number of pyridine rings is 1. The molecule has 0 fully saturated rings. The van der Waals surface area contributed by atoms with Crippen LogP contribution in [0.1, 0.15) is 12.0 Å². The Morgan fingerprint density at radius 3 is 2.67 bits per heavy atom. The number of rotatable bonds is 5. The van der Waals surface area contributed by atoms with Crippen LogP contribution in [0.3, 0.4) is 0 Å². The van der Waals surface area contributed by atoms with Crippen molar-refractivity contribution in [3.8, 4) is 0 Å². The van der Waals surface area contributed by atoms with Gasteiger partial charge in [-0.1, -0.05) is 24.3 Å². The van der Waals surface area contributed by atoms with Crippen LogP contribution in [0, 0.1) is 6.92 Å². The normalized spacial score (nSPS) is 10.3. The van der Waals surface area contributed by atoms with Gasteiger partial charge < -0.3 is 9.88 Å². The Morgan fingerprint density at radius 1 is 1.11 bits per heavy atom. The fourth-order valence-corrected chi connectivity index (χ4v) is 1.87. The number of hydrogen-bond acceptors (Lipinski definition) is 2. The third-order valence-corrected chi connectivity index (χ3v) is 2.89. The molecule has 1 aromatic heterocycles. The molecular weight excluding hydrogens is 224 g/mol. The molecule has 0 saturated carbocycles. The first-order valence-corrected chi connectivity index (χ1v) is 6.22. The van der Waals surface area contributed by atoms with Crippen molar-refractivity contribution in [2.75, 3.05) is 11.9 Å². The number of benzene rings is 1. The standard InChI is InChI=1S/C15H18N2O/c1-13-7-5-11-17(15(13)18)12-6-10-16-14-8-3-2-4-9-14/h2-5,7-9,11,16H,6,10,12H2,1H3. The van der Waals surface area contributed by atoms with Crippen molar-refractivity contribution in [2.24, 2.45) is 0 Å². The molecule has 94 valence electrons. The van der Waals surface area contributed by atoms with E-state index in [0.29, 0.717) is 0 Å². The average Bonchev–Trinajstić information content (AvgIpc) is 2.40. The molecule has 18 heavy (non-hydrogen) atoms. The largest absolute Gasteiger partial charge is 0.385 e. The fraction of sp³-hybridized carbons (Fsp3) is 0.267. The molecule has 0 radical (unpaired) electrons. The van der Waals surface area contributed by atoms with E-state index in [1.807, 2.05) is 55.6 Å². The number of nitrogens with zero attached hydrogens (tertiary/aromatic N) is 1. The van der Waals surface area contributed by atoms with Crippen LogP contribution in [0.15, 0.2) is 53.5 Å². The fourth-order valence-electron chi connectivity index (χ4n) is 1.87. The summed E-state index contributed by atoms with van der Waals surface area (Å²) in [5, 5.41) is 3.33. The van der Waals surface area contributed by atoms with Crippen LogP contribution in [-0.2, 0) is 6.54 Å². The van der Waals surface area contributed by atoms with Crippen molar-refractivity contribution in [1.29, 1.82) is 0 Å². The maximum absolute atomic E-state index is 11.8. The monoisotopic (exact) mass is 242 g/mol. The van der Waals surface area contributed by atoms with Gasteiger partial charge in [-0.15, -0.1) is 0 Å². The smallest absolute Gasteiger partial charge is 0.253 e. The molecule has 0 aliphatic carbocycles. The second kappa shape index (κ2) is 6.05. The number of para-hydroxylation sites is 1. The van der Waals surface area contributed by atoms with Gasteiger partial charge in [-0.3, -0.25) is 4.79 Å². The number of aromatic nitrogens is 1. The lowest BCUT2D eigenvalue weighted by Crippen LogP contribution is -2.22. The van der Waals surface area contributed by atoms with Gasteiger partial charge >= 0.3 is 0 Å². The van der Waals surface area contributed by atoms with Crippen LogP contribution >= 0.6 is 0 Å². The maximum atomic E-state index is 11.8. The van der Waals surface area contributed by atoms with Crippen molar-refractivity contribution in [3.05, 3.63) is 64.6 Å². The number of anilines is 1. The van der Waals surface area contributed by atoms with Gasteiger partial charge in [0.2, 0.25) is 0 Å². The predicted octanol–water partition coefficient (Wildman–Crippen LogP) is 2.66. The molecule has 0 amide bonds. The van der Waals surface area contributed by atoms with Crippen molar-refractivity contribution in [1.82, 2.24) is 4.57 Å². The topological polar surface area (TPSA) is 34.0 Å². The van der Waals surface area contributed by atoms with Gasteiger partial charge in [-0.2, -0.15) is 0 Å². The predicted molar refractivity (Wildman–Crippen MR) is 75.0 cm³/mol. The average molecular weight is 242 g/mol. The minimum absolute atomic E-state index is 0.109. The van der Waals surface area contributed by atoms with Crippen LogP contribution < -0.4 is 10.9 Å². The van der Waals surface area contributed by atoms with Gasteiger partial charge in [0.05, 0.1) is 0 Å². The lowest BCUT2D eigenvalue weighted by atomic mass is 10.3. The highest BCUT2D eigenvalue weighted by Crippen LogP contribution is 2.04. The summed E-state index contributed by atoms with van der Waals surface area (Å²) in [5.41, 5.74) is 2.03. The summed E-state index contributed by atoms with van der Waals surface area (Å²) in [7, 11) is 0. The highest BCUT2D eigenvalue weighted by molar-refractivity contribution is 5.42. The van der Waals surface area contributed by atoms with E-state index in [4.69, 9.17) is 0 Å². The van der Waals surface area contributed by atoms with Crippen LogP contribution in [0.2, 0.25) is 0 Å². The van der Waals surface area contributed by atoms with Gasteiger partial charge in [0.15, 0.2) is 0 Å². The summed E-state index contributed by atoms with van der Waals surface area (Å²) >= 11 is 0. The van der Waals surface area contributed by atoms with Crippen molar-refractivity contribution in [3.63, 3.8) is 0 Å². The Labute approximate surface area is 107 Å². The summed E-state index contributed by atoms with van der Waals surface area (Å²) in [6.45, 7) is 3.46. The third-order valence-electron chi connectivity index (χ3n) is 2.89. The highest BCUT2D eigenvalue weighted by Gasteiger charge is 1.98. The number of aryl methyl sites for hydroxylation is 2. The molecule has 2 aromatic rings. The van der Waals surface area contributed by atoms with Crippen molar-refractivity contribution < 1.29 is 0 Å². The summed E-state index contributed by atoms with van der Waals surface area (Å²) in [5.74, 6) is 0. The zero-order chi connectivity index (χ0) is 12.8. The van der Waals surface area contributed by atoms with E-state index in [1.165, 1.54) is 0 Å². The first-order chi connectivity index (χ1) is 8.77. The van der Waals surface area contributed by atoms with Gasteiger partial charge in [0.25, 0.3) is 5.56 Å². The summed E-state index contributed by atoms with van der Waals surface area (Å²) < 4.78 is 1.77. The van der Waals surface area contributed by atoms with Crippen LogP contribution in [0.4, 0.5) is 5.69 Å². The second-order valence-electron chi connectivity index (χ2n) is 4.34. The summed E-state index contributed by atoms with van der Waals surface area (Å²) in [4.78, 5) is 11.8. The van der Waals surface area contributed by atoms with E-state index in [0.717, 1.165) is 30.8 Å². The SMILES string of the molecule is Cc1cccn(CCCNc2ccccc2)c1=O. The van der Waals surface area contributed by atoms with Crippen molar-refractivity contribution in [2.45, 2.75) is 19.9 Å². The molecule has 3 heteroatoms. The Hall–Kier alpha value is -2.03. The Morgan fingerprint density at radius 2 is 1.89 bits per heavy atom. The minimum Gasteiger partial charge on any atom is -0.385 e. The number of hydrogen-bond donors (Lipinski definition) is 1. The van der Waals surface area contributed by atoms with E-state index in [2.05, 4.69) is 5.32 Å². The molecule has 0 saturated heterocycles. The highest BCUT2D eigenvalue weighted by atomic mass is 16.1. The molecule has 0 bridgehead atoms. The molecule has 1 N–H and O–H groups in total. The van der Waals surface area contributed by atoms with E-state index in [-0.39, 0.29) is 5.56 Å². The van der Waals surface area contributed by atoms with Crippen LogP contribution in [0.25, 0.3) is 0 Å². The molecule has 0 unspecified atom stereocenters. The molecule has 1 heterocycles. The third kappa shape index (κ3) is 3.23. The number of nitrogens with one attached hydrogen (secondary N) is 1. The second-order valence-corrected chi connectivity index (χ2v) is 4.34. The Bertz CT molecular complexity index is 546. The van der Waals surface area contributed by atoms with Crippen LogP contribution in [0.5, 0.6) is 0 Å². The first kappa shape index (κ1) is 12.4. The minimum atomic E-state index is 0.109. The van der Waals surface area contributed by atoms with Gasteiger partial charge in [0, 0.05) is 30.5 Å². The first-order valence-electron chi connectivity index (χ1n) is 6.22. The van der Waals surface area contributed by atoms with E-state index < -0.39 is 0 Å². The maximum Gasteiger partial charge on any atom is 0.253 e. The Balaban J connectivity index is 1.82. The van der Waals surface area contributed by atoms with Gasteiger partial charge in [-0.05, 0) is 31.5 Å². The summed E-state index contributed by atoms with van der Waals surface area (Å²) in [6.07, 6.45) is 2.77. The molecule has 0 spiro atoms. The van der Waals surface area contributed by atoms with Gasteiger partial charge in [-0.25, -0.2) is 0 Å². The molecule has 1 aromatic carbocycles. The van der Waals surface area contributed by atoms with E-state index in [1.54, 1.807) is 4.57 Å². The van der Waals surface area contributed by atoms with Crippen LogP contribution in [-0.4, -0.2) is 11.1 Å². The lowest BCUT2D eigenvalue weighted by Gasteiger charge is -2.08. The molecule has 2 rings (SSSR count). The molecule has 0 aliphatic rings. The molecule has 3 nitrogen and oxygen atoms in total. The lowest BCUT2D eigenvalue weighted by molar-refractivity contribution is 0.636. The zero-order valence-corrected chi connectivity index (χ0v) is 10.6. The quantitative estimate of drug-likeness (QED) is 0.818. The van der Waals surface area contributed by atoms with E-state index >= 15 is 0 Å². The zero-order valence-electron chi connectivity index (χ0n) is 10.6. The Kier molecular flexibility index (Phi) is 4.18. The summed E-state index contributed by atoms with van der Waals surface area (Å²) in [6, 6.07) is 13.9. The van der Waals surface area contributed by atoms with Gasteiger partial charge in [0.1, 0.15) is 0 Å². The molecule has 0 aliphatic heterocycles.